The summed E-state index contributed by atoms with van der Waals surface area (Å²) in [5.74, 6) is 0. The van der Waals surface area contributed by atoms with Gasteiger partial charge in [-0.25, -0.2) is 0 Å². The summed E-state index contributed by atoms with van der Waals surface area (Å²) in [7, 11) is 0. The standard InChI is InChI=1S/C18H18N2/c19-15-18(17-10-5-2-6-11-17)12-7-13-20(18)14-16-8-3-1-4-9-16/h1-6,8-11H,7,12-14H2. The van der Waals surface area contributed by atoms with Gasteiger partial charge in [0.1, 0.15) is 5.54 Å². The monoisotopic (exact) mass is 262 g/mol. The van der Waals surface area contributed by atoms with Gasteiger partial charge in [0, 0.05) is 13.1 Å². The lowest BCUT2D eigenvalue weighted by molar-refractivity contribution is 0.184. The molecule has 1 fully saturated rings. The maximum atomic E-state index is 9.83. The second kappa shape index (κ2) is 5.48. The minimum Gasteiger partial charge on any atom is -0.277 e. The van der Waals surface area contributed by atoms with Gasteiger partial charge in [-0.2, -0.15) is 5.26 Å². The van der Waals surface area contributed by atoms with Gasteiger partial charge in [-0.15, -0.1) is 0 Å². The van der Waals surface area contributed by atoms with Gasteiger partial charge in [-0.05, 0) is 24.0 Å². The van der Waals surface area contributed by atoms with E-state index in [1.54, 1.807) is 0 Å². The molecule has 100 valence electrons. The van der Waals surface area contributed by atoms with Crippen LogP contribution >= 0.6 is 0 Å². The molecule has 0 radical (unpaired) electrons. The lowest BCUT2D eigenvalue weighted by atomic mass is 9.88. The molecule has 3 rings (SSSR count). The van der Waals surface area contributed by atoms with Crippen LogP contribution in [0.4, 0.5) is 0 Å². The predicted molar refractivity (Wildman–Crippen MR) is 79.8 cm³/mol. The van der Waals surface area contributed by atoms with E-state index in [4.69, 9.17) is 0 Å². The molecule has 1 aliphatic heterocycles. The number of hydrogen-bond donors (Lipinski definition) is 0. The second-order valence-electron chi connectivity index (χ2n) is 5.35. The summed E-state index contributed by atoms with van der Waals surface area (Å²) in [4.78, 5) is 2.32. The number of likely N-dealkylation sites (tertiary alicyclic amines) is 1. The first-order valence-corrected chi connectivity index (χ1v) is 7.11. The van der Waals surface area contributed by atoms with Crippen molar-refractivity contribution in [2.45, 2.75) is 24.9 Å². The highest BCUT2D eigenvalue weighted by atomic mass is 15.2. The number of hydrogen-bond acceptors (Lipinski definition) is 2. The van der Waals surface area contributed by atoms with Gasteiger partial charge < -0.3 is 0 Å². The van der Waals surface area contributed by atoms with Crippen LogP contribution in [0.5, 0.6) is 0 Å². The summed E-state index contributed by atoms with van der Waals surface area (Å²) in [6.07, 6.45) is 2.00. The molecule has 0 amide bonds. The lowest BCUT2D eigenvalue weighted by Crippen LogP contribution is -2.39. The predicted octanol–water partition coefficient (Wildman–Crippen LogP) is 3.70. The minimum atomic E-state index is -0.461. The Labute approximate surface area is 120 Å². The fourth-order valence-corrected chi connectivity index (χ4v) is 3.12. The highest BCUT2D eigenvalue weighted by molar-refractivity contribution is 5.33. The van der Waals surface area contributed by atoms with Crippen molar-refractivity contribution in [1.29, 1.82) is 5.26 Å². The van der Waals surface area contributed by atoms with Gasteiger partial charge in [0.05, 0.1) is 6.07 Å². The smallest absolute Gasteiger partial charge is 0.135 e. The van der Waals surface area contributed by atoms with E-state index in [9.17, 15) is 5.26 Å². The van der Waals surface area contributed by atoms with Crippen LogP contribution in [0.15, 0.2) is 60.7 Å². The molecule has 2 aromatic rings. The summed E-state index contributed by atoms with van der Waals surface area (Å²) in [5, 5.41) is 9.83. The number of benzene rings is 2. The molecule has 1 atom stereocenters. The first-order valence-electron chi connectivity index (χ1n) is 7.11. The van der Waals surface area contributed by atoms with Crippen molar-refractivity contribution < 1.29 is 0 Å². The molecule has 0 aliphatic carbocycles. The van der Waals surface area contributed by atoms with E-state index in [0.29, 0.717) is 0 Å². The van der Waals surface area contributed by atoms with Crippen molar-refractivity contribution >= 4 is 0 Å². The normalized spacial score (nSPS) is 22.6. The third kappa shape index (κ3) is 2.21. The second-order valence-corrected chi connectivity index (χ2v) is 5.35. The summed E-state index contributed by atoms with van der Waals surface area (Å²) in [5.41, 5.74) is 1.93. The topological polar surface area (TPSA) is 27.0 Å². The largest absolute Gasteiger partial charge is 0.277 e. The molecule has 0 bridgehead atoms. The fourth-order valence-electron chi connectivity index (χ4n) is 3.12. The maximum absolute atomic E-state index is 9.83. The van der Waals surface area contributed by atoms with Crippen molar-refractivity contribution in [3.8, 4) is 6.07 Å². The Hall–Kier alpha value is -2.11. The first kappa shape index (κ1) is 12.9. The molecule has 0 N–H and O–H groups in total. The zero-order valence-corrected chi connectivity index (χ0v) is 11.5. The van der Waals surface area contributed by atoms with Crippen molar-refractivity contribution in [3.63, 3.8) is 0 Å². The van der Waals surface area contributed by atoms with E-state index in [-0.39, 0.29) is 0 Å². The van der Waals surface area contributed by atoms with Crippen LogP contribution in [-0.2, 0) is 12.1 Å². The number of nitrogens with zero attached hydrogens (tertiary/aromatic N) is 2. The van der Waals surface area contributed by atoms with E-state index in [1.165, 1.54) is 5.56 Å². The van der Waals surface area contributed by atoms with Gasteiger partial charge in [0.25, 0.3) is 0 Å². The van der Waals surface area contributed by atoms with Crippen LogP contribution in [0.2, 0.25) is 0 Å². The van der Waals surface area contributed by atoms with Crippen LogP contribution in [0, 0.1) is 11.3 Å². The Morgan fingerprint density at radius 1 is 1.00 bits per heavy atom. The van der Waals surface area contributed by atoms with Crippen molar-refractivity contribution in [2.75, 3.05) is 6.54 Å². The Balaban J connectivity index is 1.93. The molecule has 1 saturated heterocycles. The van der Waals surface area contributed by atoms with Crippen LogP contribution in [0.1, 0.15) is 24.0 Å². The SMILES string of the molecule is N#CC1(c2ccccc2)CCCN1Cc1ccccc1. The van der Waals surface area contributed by atoms with Crippen LogP contribution in [0.25, 0.3) is 0 Å². The van der Waals surface area contributed by atoms with E-state index in [1.807, 2.05) is 24.3 Å². The molecule has 1 heterocycles. The number of nitriles is 1. The van der Waals surface area contributed by atoms with E-state index in [2.05, 4.69) is 47.4 Å². The number of rotatable bonds is 3. The maximum Gasteiger partial charge on any atom is 0.135 e. The van der Waals surface area contributed by atoms with Gasteiger partial charge >= 0.3 is 0 Å². The van der Waals surface area contributed by atoms with Crippen LogP contribution < -0.4 is 0 Å². The third-order valence-corrected chi connectivity index (χ3v) is 4.16. The molecule has 2 heteroatoms. The third-order valence-electron chi connectivity index (χ3n) is 4.16. The van der Waals surface area contributed by atoms with E-state index in [0.717, 1.165) is 31.5 Å². The molecule has 2 aromatic carbocycles. The van der Waals surface area contributed by atoms with Gasteiger partial charge in [-0.3, -0.25) is 4.90 Å². The average Bonchev–Trinajstić information content (AvgIpc) is 2.93. The highest BCUT2D eigenvalue weighted by Crippen LogP contribution is 2.39. The minimum absolute atomic E-state index is 0.461. The van der Waals surface area contributed by atoms with Gasteiger partial charge in [-0.1, -0.05) is 60.7 Å². The van der Waals surface area contributed by atoms with Gasteiger partial charge in [0.2, 0.25) is 0 Å². The Kier molecular flexibility index (Phi) is 3.54. The summed E-state index contributed by atoms with van der Waals surface area (Å²) in [6, 6.07) is 23.2. The van der Waals surface area contributed by atoms with E-state index < -0.39 is 5.54 Å². The van der Waals surface area contributed by atoms with Crippen molar-refractivity contribution in [3.05, 3.63) is 71.8 Å². The lowest BCUT2D eigenvalue weighted by Gasteiger charge is -2.33. The zero-order valence-electron chi connectivity index (χ0n) is 11.5. The van der Waals surface area contributed by atoms with Crippen molar-refractivity contribution in [1.82, 2.24) is 4.90 Å². The van der Waals surface area contributed by atoms with Gasteiger partial charge in [0.15, 0.2) is 0 Å². The molecular weight excluding hydrogens is 244 g/mol. The average molecular weight is 262 g/mol. The molecular formula is C18H18N2. The quantitative estimate of drug-likeness (QED) is 0.843. The molecule has 2 nitrogen and oxygen atoms in total. The van der Waals surface area contributed by atoms with Crippen molar-refractivity contribution in [2.24, 2.45) is 0 Å². The van der Waals surface area contributed by atoms with Crippen LogP contribution in [0.3, 0.4) is 0 Å². The molecule has 20 heavy (non-hydrogen) atoms. The van der Waals surface area contributed by atoms with Crippen LogP contribution in [-0.4, -0.2) is 11.4 Å². The Bertz CT molecular complexity index is 600. The summed E-state index contributed by atoms with van der Waals surface area (Å²) in [6.45, 7) is 1.82. The first-order chi connectivity index (χ1) is 9.85. The summed E-state index contributed by atoms with van der Waals surface area (Å²) >= 11 is 0. The fraction of sp³-hybridized carbons (Fsp3) is 0.278. The Morgan fingerprint density at radius 3 is 2.30 bits per heavy atom. The molecule has 0 spiro atoms. The molecule has 0 saturated carbocycles. The van der Waals surface area contributed by atoms with E-state index >= 15 is 0 Å². The highest BCUT2D eigenvalue weighted by Gasteiger charge is 2.42. The zero-order chi connectivity index (χ0) is 13.8. The molecule has 1 unspecified atom stereocenters. The Morgan fingerprint density at radius 2 is 1.65 bits per heavy atom. The molecule has 1 aliphatic rings. The molecule has 0 aromatic heterocycles. The summed E-state index contributed by atoms with van der Waals surface area (Å²) < 4.78 is 0.